The lowest BCUT2D eigenvalue weighted by Crippen LogP contribution is -2.40. The molecule has 1 N–H and O–H groups in total. The Morgan fingerprint density at radius 1 is 1.12 bits per heavy atom. The first-order valence-electron chi connectivity index (χ1n) is 8.21. The van der Waals surface area contributed by atoms with Crippen LogP contribution in [0.1, 0.15) is 13.3 Å². The van der Waals surface area contributed by atoms with Gasteiger partial charge in [-0.3, -0.25) is 9.69 Å². The highest BCUT2D eigenvalue weighted by atomic mass is 19.1. The second-order valence-electron chi connectivity index (χ2n) is 5.93. The maximum absolute atomic E-state index is 13.6. The molecule has 140 valence electrons. The zero-order valence-corrected chi connectivity index (χ0v) is 14.6. The summed E-state index contributed by atoms with van der Waals surface area (Å²) < 4.78 is 44.8. The lowest BCUT2D eigenvalue weighted by atomic mass is 10.2. The molecule has 0 aromatic heterocycles. The maximum atomic E-state index is 13.6. The number of hydrogen-bond acceptors (Lipinski definition) is 3. The topological polar surface area (TPSA) is 41.6 Å². The number of benzene rings is 2. The van der Waals surface area contributed by atoms with Gasteiger partial charge in [0.1, 0.15) is 23.2 Å². The van der Waals surface area contributed by atoms with Crippen LogP contribution in [-0.4, -0.2) is 37.0 Å². The van der Waals surface area contributed by atoms with Crippen molar-refractivity contribution in [3.63, 3.8) is 0 Å². The van der Waals surface area contributed by atoms with E-state index in [4.69, 9.17) is 4.74 Å². The number of carbonyl (C=O) groups is 1. The minimum absolute atomic E-state index is 0.0590. The summed E-state index contributed by atoms with van der Waals surface area (Å²) in [5, 5.41) is 2.45. The number of nitrogens with zero attached hydrogens (tertiary/aromatic N) is 1. The first kappa shape index (κ1) is 19.8. The van der Waals surface area contributed by atoms with Crippen molar-refractivity contribution in [3.05, 3.63) is 59.9 Å². The predicted octanol–water partition coefficient (Wildman–Crippen LogP) is 3.83. The van der Waals surface area contributed by atoms with Gasteiger partial charge < -0.3 is 10.1 Å². The molecule has 0 aliphatic rings. The van der Waals surface area contributed by atoms with Gasteiger partial charge in [-0.25, -0.2) is 13.2 Å². The van der Waals surface area contributed by atoms with Gasteiger partial charge in [0.25, 0.3) is 0 Å². The molecule has 26 heavy (non-hydrogen) atoms. The lowest BCUT2D eigenvalue weighted by molar-refractivity contribution is -0.120. The van der Waals surface area contributed by atoms with Gasteiger partial charge in [-0.15, -0.1) is 0 Å². The van der Waals surface area contributed by atoms with Crippen LogP contribution in [0.15, 0.2) is 42.5 Å². The van der Waals surface area contributed by atoms with Crippen LogP contribution in [0, 0.1) is 17.5 Å². The number of likely N-dealkylation sites (N-methyl/N-ethyl adjacent to an activating group) is 1. The van der Waals surface area contributed by atoms with Gasteiger partial charge in [-0.1, -0.05) is 0 Å². The average Bonchev–Trinajstić information content (AvgIpc) is 2.61. The van der Waals surface area contributed by atoms with Gasteiger partial charge in [0.15, 0.2) is 0 Å². The third-order valence-corrected chi connectivity index (χ3v) is 3.97. The monoisotopic (exact) mass is 366 g/mol. The maximum Gasteiger partial charge on any atom is 0.241 e. The van der Waals surface area contributed by atoms with Crippen molar-refractivity contribution in [1.82, 2.24) is 4.90 Å². The van der Waals surface area contributed by atoms with Crippen LogP contribution in [0.3, 0.4) is 0 Å². The number of carbonyl (C=O) groups excluding carboxylic acids is 1. The summed E-state index contributed by atoms with van der Waals surface area (Å²) in [4.78, 5) is 14.0. The molecule has 1 unspecified atom stereocenters. The van der Waals surface area contributed by atoms with E-state index in [0.29, 0.717) is 25.3 Å². The molecule has 1 amide bonds. The molecule has 0 fully saturated rings. The molecule has 1 atom stereocenters. The molecule has 2 aromatic carbocycles. The van der Waals surface area contributed by atoms with Crippen LogP contribution in [-0.2, 0) is 4.79 Å². The molecule has 0 bridgehead atoms. The van der Waals surface area contributed by atoms with Crippen LogP contribution in [0.2, 0.25) is 0 Å². The Bertz CT molecular complexity index is 738. The molecule has 0 radical (unpaired) electrons. The Kier molecular flexibility index (Phi) is 7.03. The van der Waals surface area contributed by atoms with Crippen molar-refractivity contribution in [1.29, 1.82) is 0 Å². The van der Waals surface area contributed by atoms with E-state index >= 15 is 0 Å². The molecule has 0 spiro atoms. The highest BCUT2D eigenvalue weighted by Gasteiger charge is 2.19. The summed E-state index contributed by atoms with van der Waals surface area (Å²) in [6.45, 7) is 2.68. The smallest absolute Gasteiger partial charge is 0.241 e. The summed E-state index contributed by atoms with van der Waals surface area (Å²) in [6.07, 6.45) is 0.649. The van der Waals surface area contributed by atoms with E-state index in [1.807, 2.05) is 0 Å². The fourth-order valence-corrected chi connectivity index (χ4v) is 2.26. The summed E-state index contributed by atoms with van der Waals surface area (Å²) in [5.74, 6) is -1.66. The molecule has 2 rings (SSSR count). The van der Waals surface area contributed by atoms with Crippen molar-refractivity contribution in [2.24, 2.45) is 0 Å². The molecular formula is C19H21F3N2O2. The fraction of sp³-hybridized carbons (Fsp3) is 0.316. The largest absolute Gasteiger partial charge is 0.494 e. The number of nitrogens with one attached hydrogen (secondary N) is 1. The SMILES string of the molecule is CC(C(=O)Nc1ccc(F)cc1F)N(C)CCCOc1ccc(F)cc1. The number of anilines is 1. The zero-order chi connectivity index (χ0) is 19.1. The second-order valence-corrected chi connectivity index (χ2v) is 5.93. The molecule has 4 nitrogen and oxygen atoms in total. The predicted molar refractivity (Wildman–Crippen MR) is 93.6 cm³/mol. The van der Waals surface area contributed by atoms with Crippen LogP contribution in [0.5, 0.6) is 5.75 Å². The fourth-order valence-electron chi connectivity index (χ4n) is 2.26. The van der Waals surface area contributed by atoms with Gasteiger partial charge in [-0.05, 0) is 56.8 Å². The highest BCUT2D eigenvalue weighted by Crippen LogP contribution is 2.16. The Labute approximate surface area is 150 Å². The molecule has 0 saturated carbocycles. The summed E-state index contributed by atoms with van der Waals surface area (Å²) in [5.41, 5.74) is -0.0590. The van der Waals surface area contributed by atoms with E-state index in [1.165, 1.54) is 18.2 Å². The van der Waals surface area contributed by atoms with Crippen LogP contribution in [0.4, 0.5) is 18.9 Å². The van der Waals surface area contributed by atoms with Crippen LogP contribution in [0.25, 0.3) is 0 Å². The van der Waals surface area contributed by atoms with Gasteiger partial charge in [0, 0.05) is 12.6 Å². The van der Waals surface area contributed by atoms with E-state index in [9.17, 15) is 18.0 Å². The van der Waals surface area contributed by atoms with Gasteiger partial charge >= 0.3 is 0 Å². The third kappa shape index (κ3) is 5.77. The second kappa shape index (κ2) is 9.24. The van der Waals surface area contributed by atoms with Crippen LogP contribution < -0.4 is 10.1 Å². The van der Waals surface area contributed by atoms with Gasteiger partial charge in [-0.2, -0.15) is 0 Å². The molecular weight excluding hydrogens is 345 g/mol. The Hall–Kier alpha value is -2.54. The van der Waals surface area contributed by atoms with E-state index in [0.717, 1.165) is 12.1 Å². The van der Waals surface area contributed by atoms with Crippen molar-refractivity contribution < 1.29 is 22.7 Å². The summed E-state index contributed by atoms with van der Waals surface area (Å²) >= 11 is 0. The van der Waals surface area contributed by atoms with Gasteiger partial charge in [0.05, 0.1) is 18.3 Å². The highest BCUT2D eigenvalue weighted by molar-refractivity contribution is 5.94. The summed E-state index contributed by atoms with van der Waals surface area (Å²) in [7, 11) is 1.77. The summed E-state index contributed by atoms with van der Waals surface area (Å²) in [6, 6.07) is 8.22. The van der Waals surface area contributed by atoms with Crippen molar-refractivity contribution >= 4 is 11.6 Å². The number of ether oxygens (including phenoxy) is 1. The minimum atomic E-state index is -0.819. The Morgan fingerprint density at radius 3 is 2.42 bits per heavy atom. The third-order valence-electron chi connectivity index (χ3n) is 3.97. The number of hydrogen-bond donors (Lipinski definition) is 1. The Balaban J connectivity index is 1.76. The van der Waals surface area contributed by atoms with Crippen molar-refractivity contribution in [3.8, 4) is 5.75 Å². The minimum Gasteiger partial charge on any atom is -0.494 e. The van der Waals surface area contributed by atoms with Crippen LogP contribution >= 0.6 is 0 Å². The van der Waals surface area contributed by atoms with E-state index in [-0.39, 0.29) is 11.5 Å². The number of halogens is 3. The van der Waals surface area contributed by atoms with E-state index in [1.54, 1.807) is 31.0 Å². The normalized spacial score (nSPS) is 12.1. The number of amides is 1. The lowest BCUT2D eigenvalue weighted by Gasteiger charge is -2.24. The van der Waals surface area contributed by atoms with Crippen molar-refractivity contribution in [2.75, 3.05) is 25.5 Å². The standard InChI is InChI=1S/C19H21F3N2O2/c1-13(19(25)23-18-9-6-15(21)12-17(18)22)24(2)10-3-11-26-16-7-4-14(20)5-8-16/h4-9,12-13H,3,10-11H2,1-2H3,(H,23,25). The molecule has 7 heteroatoms. The molecule has 0 aliphatic heterocycles. The zero-order valence-electron chi connectivity index (χ0n) is 14.6. The molecule has 0 aliphatic carbocycles. The molecule has 0 saturated heterocycles. The first-order chi connectivity index (χ1) is 12.4. The number of rotatable bonds is 8. The van der Waals surface area contributed by atoms with Gasteiger partial charge in [0.2, 0.25) is 5.91 Å². The molecule has 2 aromatic rings. The molecule has 0 heterocycles. The quantitative estimate of drug-likeness (QED) is 0.722. The average molecular weight is 366 g/mol. The van der Waals surface area contributed by atoms with E-state index in [2.05, 4.69) is 5.32 Å². The first-order valence-corrected chi connectivity index (χ1v) is 8.21. The van der Waals surface area contributed by atoms with E-state index < -0.39 is 23.6 Å². The Morgan fingerprint density at radius 2 is 1.77 bits per heavy atom. The van der Waals surface area contributed by atoms with Crippen molar-refractivity contribution in [2.45, 2.75) is 19.4 Å².